The summed E-state index contributed by atoms with van der Waals surface area (Å²) in [5.41, 5.74) is -1.52. The first-order valence-electron chi connectivity index (χ1n) is 7.07. The molecule has 1 amide bonds. The average Bonchev–Trinajstić information content (AvgIpc) is 2.71. The molecule has 1 unspecified atom stereocenters. The maximum atomic E-state index is 13.6. The lowest BCUT2D eigenvalue weighted by molar-refractivity contribution is -0.200. The van der Waals surface area contributed by atoms with E-state index in [1.807, 2.05) is 13.8 Å². The van der Waals surface area contributed by atoms with Gasteiger partial charge >= 0.3 is 0 Å². The number of rotatable bonds is 4. The quantitative estimate of drug-likeness (QED) is 0.474. The van der Waals surface area contributed by atoms with Crippen LogP contribution in [0.4, 0.5) is 22.0 Å². The zero-order valence-electron chi connectivity index (χ0n) is 12.9. The molecule has 1 aliphatic heterocycles. The van der Waals surface area contributed by atoms with Crippen LogP contribution in [0.15, 0.2) is 0 Å². The molecule has 1 aliphatic rings. The van der Waals surface area contributed by atoms with Gasteiger partial charge in [0.1, 0.15) is 6.61 Å². The highest BCUT2D eigenvalue weighted by molar-refractivity contribution is 5.78. The van der Waals surface area contributed by atoms with Gasteiger partial charge in [-0.05, 0) is 11.8 Å². The Kier molecular flexibility index (Phi) is 4.66. The summed E-state index contributed by atoms with van der Waals surface area (Å²) in [6.07, 6.45) is 0.693. The van der Waals surface area contributed by atoms with Crippen LogP contribution in [0.25, 0.3) is 0 Å². The van der Waals surface area contributed by atoms with E-state index < -0.39 is 52.6 Å². The Morgan fingerprint density at radius 3 is 2.00 bits per heavy atom. The SMILES string of the molecule is CCC1N(OCc2c(F)c(F)c(F)c(F)c2F)C(=O)CC1(C)C. The van der Waals surface area contributed by atoms with Gasteiger partial charge in [-0.2, -0.15) is 0 Å². The molecule has 8 heteroatoms. The molecule has 1 aromatic carbocycles. The third kappa shape index (κ3) is 2.91. The number of hydrogen-bond donors (Lipinski definition) is 0. The molecule has 2 rings (SSSR count). The molecular weight excluding hydrogens is 321 g/mol. The molecule has 0 bridgehead atoms. The zero-order chi connectivity index (χ0) is 17.5. The number of hydroxylamine groups is 2. The minimum Gasteiger partial charge on any atom is -0.273 e. The third-order valence-electron chi connectivity index (χ3n) is 4.07. The topological polar surface area (TPSA) is 29.5 Å². The van der Waals surface area contributed by atoms with Crippen molar-refractivity contribution >= 4 is 5.91 Å². The number of carbonyl (C=O) groups is 1. The number of amides is 1. The van der Waals surface area contributed by atoms with Crippen LogP contribution in [0.3, 0.4) is 0 Å². The maximum Gasteiger partial charge on any atom is 0.247 e. The Bertz CT molecular complexity index is 618. The lowest BCUT2D eigenvalue weighted by Gasteiger charge is -2.30. The van der Waals surface area contributed by atoms with Crippen LogP contribution in [0.2, 0.25) is 0 Å². The first-order valence-corrected chi connectivity index (χ1v) is 7.07. The number of nitrogens with zero attached hydrogens (tertiary/aromatic N) is 1. The lowest BCUT2D eigenvalue weighted by atomic mass is 9.84. The molecule has 0 radical (unpaired) electrons. The molecule has 128 valence electrons. The molecule has 0 spiro atoms. The molecule has 1 saturated heterocycles. The summed E-state index contributed by atoms with van der Waals surface area (Å²) in [7, 11) is 0. The van der Waals surface area contributed by atoms with E-state index in [4.69, 9.17) is 4.84 Å². The van der Waals surface area contributed by atoms with Gasteiger partial charge in [-0.1, -0.05) is 20.8 Å². The predicted molar refractivity (Wildman–Crippen MR) is 70.3 cm³/mol. The Labute approximate surface area is 130 Å². The van der Waals surface area contributed by atoms with Gasteiger partial charge in [0.15, 0.2) is 23.3 Å². The standard InChI is InChI=1S/C15H16F5NO2/c1-4-8-15(2,3)5-9(22)21(8)23-6-7-10(16)12(18)14(20)13(19)11(7)17/h8H,4-6H2,1-3H3. The van der Waals surface area contributed by atoms with Crippen LogP contribution in [-0.2, 0) is 16.2 Å². The molecule has 1 atom stereocenters. The molecule has 0 aliphatic carbocycles. The smallest absolute Gasteiger partial charge is 0.247 e. The van der Waals surface area contributed by atoms with Gasteiger partial charge < -0.3 is 0 Å². The van der Waals surface area contributed by atoms with E-state index in [-0.39, 0.29) is 12.5 Å². The summed E-state index contributed by atoms with van der Waals surface area (Å²) in [5, 5.41) is 0.970. The minimum absolute atomic E-state index is 0.169. The van der Waals surface area contributed by atoms with Gasteiger partial charge in [0.25, 0.3) is 0 Å². The highest BCUT2D eigenvalue weighted by atomic mass is 19.2. The van der Waals surface area contributed by atoms with Gasteiger partial charge in [-0.3, -0.25) is 9.63 Å². The zero-order valence-corrected chi connectivity index (χ0v) is 12.9. The second-order valence-corrected chi connectivity index (χ2v) is 6.13. The molecule has 1 heterocycles. The van der Waals surface area contributed by atoms with Crippen molar-refractivity contribution in [2.45, 2.75) is 46.3 Å². The van der Waals surface area contributed by atoms with Crippen LogP contribution in [0.5, 0.6) is 0 Å². The Hall–Kier alpha value is -1.70. The lowest BCUT2D eigenvalue weighted by Crippen LogP contribution is -2.37. The van der Waals surface area contributed by atoms with Crippen LogP contribution in [0, 0.1) is 34.5 Å². The van der Waals surface area contributed by atoms with Gasteiger partial charge in [-0.15, -0.1) is 0 Å². The van der Waals surface area contributed by atoms with Crippen LogP contribution < -0.4 is 0 Å². The van der Waals surface area contributed by atoms with Gasteiger partial charge in [0, 0.05) is 6.42 Å². The van der Waals surface area contributed by atoms with Gasteiger partial charge in [-0.25, -0.2) is 27.0 Å². The summed E-state index contributed by atoms with van der Waals surface area (Å²) < 4.78 is 66.5. The van der Waals surface area contributed by atoms with E-state index in [1.54, 1.807) is 6.92 Å². The van der Waals surface area contributed by atoms with E-state index in [0.717, 1.165) is 5.06 Å². The molecule has 0 N–H and O–H groups in total. The first-order chi connectivity index (χ1) is 10.6. The minimum atomic E-state index is -2.23. The molecule has 1 fully saturated rings. The van der Waals surface area contributed by atoms with E-state index in [9.17, 15) is 26.7 Å². The van der Waals surface area contributed by atoms with E-state index in [0.29, 0.717) is 6.42 Å². The van der Waals surface area contributed by atoms with Crippen LogP contribution in [-0.4, -0.2) is 17.0 Å². The van der Waals surface area contributed by atoms with Crippen LogP contribution >= 0.6 is 0 Å². The maximum absolute atomic E-state index is 13.6. The Morgan fingerprint density at radius 1 is 1.04 bits per heavy atom. The highest BCUT2D eigenvalue weighted by Gasteiger charge is 2.45. The number of hydrogen-bond acceptors (Lipinski definition) is 2. The number of carbonyl (C=O) groups excluding carboxylic acids is 1. The summed E-state index contributed by atoms with van der Waals surface area (Å²) in [5.74, 6) is -10.6. The monoisotopic (exact) mass is 337 g/mol. The predicted octanol–water partition coefficient (Wildman–Crippen LogP) is 3.85. The van der Waals surface area contributed by atoms with Crippen molar-refractivity contribution in [2.24, 2.45) is 5.41 Å². The molecular formula is C15H16F5NO2. The number of halogens is 5. The first kappa shape index (κ1) is 17.7. The largest absolute Gasteiger partial charge is 0.273 e. The summed E-state index contributed by atoms with van der Waals surface area (Å²) >= 11 is 0. The molecule has 1 aromatic rings. The second kappa shape index (κ2) is 6.07. The van der Waals surface area contributed by atoms with Gasteiger partial charge in [0.05, 0.1) is 11.6 Å². The summed E-state index contributed by atoms with van der Waals surface area (Å²) in [6.45, 7) is 4.55. The van der Waals surface area contributed by atoms with Crippen molar-refractivity contribution in [3.8, 4) is 0 Å². The fourth-order valence-electron chi connectivity index (χ4n) is 2.87. The highest BCUT2D eigenvalue weighted by Crippen LogP contribution is 2.39. The second-order valence-electron chi connectivity index (χ2n) is 6.13. The summed E-state index contributed by atoms with van der Waals surface area (Å²) in [6, 6.07) is -0.351. The van der Waals surface area contributed by atoms with E-state index >= 15 is 0 Å². The fraction of sp³-hybridized carbons (Fsp3) is 0.533. The Morgan fingerprint density at radius 2 is 1.52 bits per heavy atom. The molecule has 3 nitrogen and oxygen atoms in total. The van der Waals surface area contributed by atoms with Crippen molar-refractivity contribution < 1.29 is 31.6 Å². The fourth-order valence-corrected chi connectivity index (χ4v) is 2.87. The summed E-state index contributed by atoms with van der Waals surface area (Å²) in [4.78, 5) is 17.0. The van der Waals surface area contributed by atoms with Crippen molar-refractivity contribution in [1.82, 2.24) is 5.06 Å². The molecule has 23 heavy (non-hydrogen) atoms. The molecule has 0 saturated carbocycles. The van der Waals surface area contributed by atoms with Gasteiger partial charge in [0.2, 0.25) is 11.7 Å². The molecule has 0 aromatic heterocycles. The Balaban J connectivity index is 2.27. The normalized spacial score (nSPS) is 20.4. The van der Waals surface area contributed by atoms with Crippen molar-refractivity contribution in [1.29, 1.82) is 0 Å². The third-order valence-corrected chi connectivity index (χ3v) is 4.07. The van der Waals surface area contributed by atoms with E-state index in [1.165, 1.54) is 0 Å². The van der Waals surface area contributed by atoms with E-state index in [2.05, 4.69) is 0 Å². The van der Waals surface area contributed by atoms with Crippen molar-refractivity contribution in [2.75, 3.05) is 0 Å². The average molecular weight is 337 g/mol. The van der Waals surface area contributed by atoms with Crippen molar-refractivity contribution in [3.63, 3.8) is 0 Å². The van der Waals surface area contributed by atoms with Crippen molar-refractivity contribution in [3.05, 3.63) is 34.6 Å². The van der Waals surface area contributed by atoms with Crippen LogP contribution in [0.1, 0.15) is 39.2 Å². The number of benzene rings is 1.